The summed E-state index contributed by atoms with van der Waals surface area (Å²) in [5.41, 5.74) is 2.18. The number of hydrogen-bond donors (Lipinski definition) is 1. The molecule has 0 amide bonds. The van der Waals surface area contributed by atoms with Crippen molar-refractivity contribution in [1.82, 2.24) is 5.32 Å². The lowest BCUT2D eigenvalue weighted by atomic mass is 9.85. The number of rotatable bonds is 3. The van der Waals surface area contributed by atoms with Gasteiger partial charge in [-0.15, -0.1) is 0 Å². The van der Waals surface area contributed by atoms with Gasteiger partial charge in [0.25, 0.3) is 3.79 Å². The maximum atomic E-state index is 12.1. The van der Waals surface area contributed by atoms with Crippen LogP contribution in [0.25, 0.3) is 5.70 Å². The number of carbonyl (C=O) groups excluding carboxylic acids is 1. The van der Waals surface area contributed by atoms with E-state index in [0.29, 0.717) is 17.2 Å². The molecular weight excluding hydrogens is 361 g/mol. The standard InChI is InChI=1S/C16H18Cl3NO3/c1-15(2)8-9-5-12(22-3)13(23-4)6-10(9)11(20-15)7-14(21)16(17,18)19/h5-7,20H,8H2,1-4H3/b11-7-. The average Bonchev–Trinajstić information content (AvgIpc) is 2.43. The Morgan fingerprint density at radius 2 is 1.78 bits per heavy atom. The Labute approximate surface area is 150 Å². The number of hydrogen-bond acceptors (Lipinski definition) is 4. The van der Waals surface area contributed by atoms with Gasteiger partial charge in [-0.1, -0.05) is 34.8 Å². The lowest BCUT2D eigenvalue weighted by Gasteiger charge is -2.36. The van der Waals surface area contributed by atoms with Crippen molar-refractivity contribution < 1.29 is 14.3 Å². The number of carbonyl (C=O) groups is 1. The van der Waals surface area contributed by atoms with Crippen molar-refractivity contribution in [3.8, 4) is 11.5 Å². The molecule has 1 aliphatic rings. The molecule has 0 aromatic heterocycles. The minimum Gasteiger partial charge on any atom is -0.493 e. The lowest BCUT2D eigenvalue weighted by Crippen LogP contribution is -2.44. The Morgan fingerprint density at radius 3 is 2.30 bits per heavy atom. The van der Waals surface area contributed by atoms with Gasteiger partial charge in [-0.3, -0.25) is 4.79 Å². The van der Waals surface area contributed by atoms with Gasteiger partial charge >= 0.3 is 0 Å². The van der Waals surface area contributed by atoms with E-state index in [2.05, 4.69) is 5.32 Å². The van der Waals surface area contributed by atoms with Gasteiger partial charge in [-0.05, 0) is 38.0 Å². The average molecular weight is 379 g/mol. The molecule has 0 spiro atoms. The number of allylic oxidation sites excluding steroid dienone is 1. The van der Waals surface area contributed by atoms with Gasteiger partial charge in [-0.25, -0.2) is 0 Å². The van der Waals surface area contributed by atoms with Crippen LogP contribution in [0.2, 0.25) is 0 Å². The highest BCUT2D eigenvalue weighted by molar-refractivity contribution is 6.77. The number of benzene rings is 1. The van der Waals surface area contributed by atoms with E-state index in [4.69, 9.17) is 44.3 Å². The van der Waals surface area contributed by atoms with Gasteiger partial charge in [0.2, 0.25) is 5.78 Å². The van der Waals surface area contributed by atoms with Crippen molar-refractivity contribution in [3.63, 3.8) is 0 Å². The summed E-state index contributed by atoms with van der Waals surface area (Å²) in [4.78, 5) is 12.1. The van der Waals surface area contributed by atoms with Crippen LogP contribution in [-0.4, -0.2) is 29.3 Å². The third kappa shape index (κ3) is 4.06. The first-order valence-corrected chi connectivity index (χ1v) is 8.07. The predicted octanol–water partition coefficient (Wildman–Crippen LogP) is 3.91. The summed E-state index contributed by atoms with van der Waals surface area (Å²) in [5.74, 6) is 0.597. The Kier molecular flexibility index (Phi) is 5.09. The zero-order valence-electron chi connectivity index (χ0n) is 13.3. The topological polar surface area (TPSA) is 47.6 Å². The minimum atomic E-state index is -1.99. The molecule has 0 bridgehead atoms. The Balaban J connectivity index is 2.59. The molecule has 126 valence electrons. The molecule has 7 heteroatoms. The lowest BCUT2D eigenvalue weighted by molar-refractivity contribution is -0.113. The monoisotopic (exact) mass is 377 g/mol. The predicted molar refractivity (Wildman–Crippen MR) is 93.7 cm³/mol. The Morgan fingerprint density at radius 1 is 1.22 bits per heavy atom. The molecule has 23 heavy (non-hydrogen) atoms. The van der Waals surface area contributed by atoms with E-state index in [1.54, 1.807) is 14.2 Å². The molecule has 2 rings (SSSR count). The van der Waals surface area contributed by atoms with Crippen LogP contribution in [0.5, 0.6) is 11.5 Å². The summed E-state index contributed by atoms with van der Waals surface area (Å²) in [5, 5.41) is 3.31. The van der Waals surface area contributed by atoms with Crippen LogP contribution in [0.15, 0.2) is 18.2 Å². The Bertz CT molecular complexity index is 663. The summed E-state index contributed by atoms with van der Waals surface area (Å²) in [6, 6.07) is 3.72. The third-order valence-corrected chi connectivity index (χ3v) is 4.12. The number of methoxy groups -OCH3 is 2. The molecule has 0 aliphatic carbocycles. The first kappa shape index (κ1) is 18.2. The Hall–Kier alpha value is -1.10. The van der Waals surface area contributed by atoms with Crippen LogP contribution in [0.1, 0.15) is 25.0 Å². The quantitative estimate of drug-likeness (QED) is 0.640. The maximum absolute atomic E-state index is 12.1. The molecule has 0 radical (unpaired) electrons. The first-order valence-electron chi connectivity index (χ1n) is 6.93. The highest BCUT2D eigenvalue weighted by Gasteiger charge is 2.33. The zero-order valence-corrected chi connectivity index (χ0v) is 15.6. The van der Waals surface area contributed by atoms with Gasteiger partial charge in [0.1, 0.15) is 0 Å². The van der Waals surface area contributed by atoms with Crippen LogP contribution in [0.3, 0.4) is 0 Å². The molecule has 4 nitrogen and oxygen atoms in total. The van der Waals surface area contributed by atoms with Crippen molar-refractivity contribution in [2.45, 2.75) is 29.6 Å². The highest BCUT2D eigenvalue weighted by atomic mass is 35.6. The molecule has 0 saturated carbocycles. The van der Waals surface area contributed by atoms with E-state index in [9.17, 15) is 4.79 Å². The molecule has 0 saturated heterocycles. The number of ether oxygens (including phenoxy) is 2. The normalized spacial score (nSPS) is 18.1. The molecule has 0 atom stereocenters. The largest absolute Gasteiger partial charge is 0.493 e. The summed E-state index contributed by atoms with van der Waals surface area (Å²) in [6.07, 6.45) is 2.07. The summed E-state index contributed by atoms with van der Waals surface area (Å²) in [6.45, 7) is 4.06. The maximum Gasteiger partial charge on any atom is 0.252 e. The van der Waals surface area contributed by atoms with E-state index in [1.165, 1.54) is 6.08 Å². The second-order valence-corrected chi connectivity index (χ2v) is 8.25. The van der Waals surface area contributed by atoms with E-state index < -0.39 is 9.58 Å². The van der Waals surface area contributed by atoms with Crippen molar-refractivity contribution in [1.29, 1.82) is 0 Å². The van der Waals surface area contributed by atoms with Crippen molar-refractivity contribution in [3.05, 3.63) is 29.3 Å². The molecule has 0 unspecified atom stereocenters. The SMILES string of the molecule is COc1cc2c(cc1OC)/C(=C/C(=O)C(Cl)(Cl)Cl)NC(C)(C)C2. The van der Waals surface area contributed by atoms with E-state index in [-0.39, 0.29) is 5.54 Å². The van der Waals surface area contributed by atoms with Crippen LogP contribution < -0.4 is 14.8 Å². The van der Waals surface area contributed by atoms with Crippen molar-refractivity contribution in [2.75, 3.05) is 14.2 Å². The summed E-state index contributed by atoms with van der Waals surface area (Å²) in [7, 11) is 3.14. The number of halogens is 3. The fourth-order valence-electron chi connectivity index (χ4n) is 2.60. The van der Waals surface area contributed by atoms with E-state index >= 15 is 0 Å². The molecule has 1 N–H and O–H groups in total. The molecular formula is C16H18Cl3NO3. The molecule has 1 heterocycles. The molecule has 1 aromatic rings. The van der Waals surface area contributed by atoms with Crippen LogP contribution in [0.4, 0.5) is 0 Å². The van der Waals surface area contributed by atoms with Crippen LogP contribution in [0, 0.1) is 0 Å². The van der Waals surface area contributed by atoms with Gasteiger partial charge in [0.05, 0.1) is 14.2 Å². The first-order chi connectivity index (χ1) is 10.6. The molecule has 1 aromatic carbocycles. The second-order valence-electron chi connectivity index (χ2n) is 5.97. The van der Waals surface area contributed by atoms with Gasteiger partial charge in [0, 0.05) is 22.9 Å². The minimum absolute atomic E-state index is 0.258. The fourth-order valence-corrected chi connectivity index (χ4v) is 2.76. The van der Waals surface area contributed by atoms with Gasteiger partial charge < -0.3 is 14.8 Å². The van der Waals surface area contributed by atoms with Crippen molar-refractivity contribution in [2.24, 2.45) is 0 Å². The summed E-state index contributed by atoms with van der Waals surface area (Å²) >= 11 is 17.0. The second kappa shape index (κ2) is 6.42. The van der Waals surface area contributed by atoms with Crippen LogP contribution >= 0.6 is 34.8 Å². The molecule has 1 aliphatic heterocycles. The zero-order chi connectivity index (χ0) is 17.4. The van der Waals surface area contributed by atoms with Crippen molar-refractivity contribution >= 4 is 46.3 Å². The highest BCUT2D eigenvalue weighted by Crippen LogP contribution is 2.38. The van der Waals surface area contributed by atoms with Crippen LogP contribution in [-0.2, 0) is 11.2 Å². The van der Waals surface area contributed by atoms with Gasteiger partial charge in [-0.2, -0.15) is 0 Å². The number of nitrogens with one attached hydrogen (secondary N) is 1. The number of alkyl halides is 3. The molecule has 0 fully saturated rings. The van der Waals surface area contributed by atoms with Gasteiger partial charge in [0.15, 0.2) is 11.5 Å². The van der Waals surface area contributed by atoms with E-state index in [1.807, 2.05) is 26.0 Å². The number of fused-ring (bicyclic) bond motifs is 1. The van der Waals surface area contributed by atoms with E-state index in [0.717, 1.165) is 17.5 Å². The smallest absolute Gasteiger partial charge is 0.252 e. The fraction of sp³-hybridized carbons (Fsp3) is 0.438. The third-order valence-electron chi connectivity index (χ3n) is 3.56. The summed E-state index contributed by atoms with van der Waals surface area (Å²) < 4.78 is 8.68. The number of ketones is 1.